The smallest absolute Gasteiger partial charge is 0.344 e. The number of carbonyl (C=O) groups excluding carboxylic acids is 2. The van der Waals surface area contributed by atoms with E-state index in [-0.39, 0.29) is 4.90 Å². The van der Waals surface area contributed by atoms with Crippen molar-refractivity contribution in [3.05, 3.63) is 94.5 Å². The topological polar surface area (TPSA) is 114 Å². The van der Waals surface area contributed by atoms with Crippen LogP contribution in [0.3, 0.4) is 0 Å². The van der Waals surface area contributed by atoms with Gasteiger partial charge in [-0.2, -0.15) is 5.10 Å². The Morgan fingerprint density at radius 3 is 2.28 bits per heavy atom. The van der Waals surface area contributed by atoms with Gasteiger partial charge in [-0.15, -0.1) is 0 Å². The van der Waals surface area contributed by atoms with Gasteiger partial charge in [0.05, 0.1) is 23.2 Å². The maximum Gasteiger partial charge on any atom is 0.344 e. The number of hydrazone groups is 1. The standard InChI is InChI=1S/C22H18BrN3O5S/c23-20-9-5-4-8-19(20)22(28)31-17-12-10-16(11-13-17)14-24-26-21(27)15-25-32(29,30)18-6-2-1-3-7-18/h1-14,25H,15H2,(H,26,27). The number of ether oxygens (including phenoxy) is 1. The first-order valence-electron chi connectivity index (χ1n) is 9.28. The summed E-state index contributed by atoms with van der Waals surface area (Å²) in [4.78, 5) is 24.1. The molecule has 32 heavy (non-hydrogen) atoms. The highest BCUT2D eigenvalue weighted by Gasteiger charge is 2.14. The van der Waals surface area contributed by atoms with Gasteiger partial charge in [-0.25, -0.2) is 23.4 Å². The summed E-state index contributed by atoms with van der Waals surface area (Å²) in [6.45, 7) is -0.460. The van der Waals surface area contributed by atoms with Crippen LogP contribution in [0.2, 0.25) is 0 Å². The zero-order valence-corrected chi connectivity index (χ0v) is 19.0. The maximum atomic E-state index is 12.2. The van der Waals surface area contributed by atoms with Gasteiger partial charge in [0, 0.05) is 4.47 Å². The fraction of sp³-hybridized carbons (Fsp3) is 0.0455. The Labute approximate surface area is 193 Å². The van der Waals surface area contributed by atoms with Gasteiger partial charge in [0.15, 0.2) is 0 Å². The summed E-state index contributed by atoms with van der Waals surface area (Å²) >= 11 is 3.31. The van der Waals surface area contributed by atoms with Crippen LogP contribution in [0.4, 0.5) is 0 Å². The molecule has 0 aliphatic carbocycles. The highest BCUT2D eigenvalue weighted by atomic mass is 79.9. The quantitative estimate of drug-likeness (QED) is 0.207. The number of esters is 1. The van der Waals surface area contributed by atoms with Crippen molar-refractivity contribution in [3.8, 4) is 5.75 Å². The first-order chi connectivity index (χ1) is 15.3. The third-order valence-electron chi connectivity index (χ3n) is 4.06. The summed E-state index contributed by atoms with van der Waals surface area (Å²) in [5.74, 6) is -0.772. The average molecular weight is 516 g/mol. The summed E-state index contributed by atoms with van der Waals surface area (Å²) in [6, 6.07) is 21.1. The van der Waals surface area contributed by atoms with Crippen LogP contribution >= 0.6 is 15.9 Å². The molecule has 0 bridgehead atoms. The average Bonchev–Trinajstić information content (AvgIpc) is 2.80. The Morgan fingerprint density at radius 2 is 1.59 bits per heavy atom. The number of halogens is 1. The Hall–Kier alpha value is -3.34. The summed E-state index contributed by atoms with van der Waals surface area (Å²) in [5.41, 5.74) is 3.28. The number of benzene rings is 3. The summed E-state index contributed by atoms with van der Waals surface area (Å²) in [6.07, 6.45) is 1.38. The molecule has 0 fully saturated rings. The zero-order valence-electron chi connectivity index (χ0n) is 16.6. The molecule has 0 radical (unpaired) electrons. The summed E-state index contributed by atoms with van der Waals surface area (Å²) in [7, 11) is -3.78. The van der Waals surface area contributed by atoms with Crippen molar-refractivity contribution < 1.29 is 22.7 Å². The predicted octanol–water partition coefficient (Wildman–Crippen LogP) is 3.10. The summed E-state index contributed by atoms with van der Waals surface area (Å²) in [5, 5.41) is 3.79. The third-order valence-corrected chi connectivity index (χ3v) is 6.17. The predicted molar refractivity (Wildman–Crippen MR) is 123 cm³/mol. The number of hydrogen-bond acceptors (Lipinski definition) is 6. The molecule has 0 saturated heterocycles. The second-order valence-electron chi connectivity index (χ2n) is 6.37. The minimum Gasteiger partial charge on any atom is -0.423 e. The molecule has 0 spiro atoms. The first kappa shape index (κ1) is 23.3. The lowest BCUT2D eigenvalue weighted by atomic mass is 10.2. The summed E-state index contributed by atoms with van der Waals surface area (Å²) < 4.78 is 32.3. The molecule has 1 amide bonds. The lowest BCUT2D eigenvalue weighted by Crippen LogP contribution is -2.34. The van der Waals surface area contributed by atoms with Crippen LogP contribution in [-0.2, 0) is 14.8 Å². The van der Waals surface area contributed by atoms with Crippen molar-refractivity contribution >= 4 is 44.0 Å². The number of amides is 1. The van der Waals surface area contributed by atoms with Crippen LogP contribution in [0, 0.1) is 0 Å². The number of sulfonamides is 1. The molecule has 0 unspecified atom stereocenters. The number of nitrogens with zero attached hydrogens (tertiary/aromatic N) is 1. The number of hydrogen-bond donors (Lipinski definition) is 2. The molecule has 3 aromatic rings. The molecule has 3 aromatic carbocycles. The largest absolute Gasteiger partial charge is 0.423 e. The normalized spacial score (nSPS) is 11.3. The molecule has 0 heterocycles. The molecule has 0 aliphatic heterocycles. The van der Waals surface area contributed by atoms with Gasteiger partial charge in [0.25, 0.3) is 5.91 Å². The van der Waals surface area contributed by atoms with Gasteiger partial charge in [0.1, 0.15) is 5.75 Å². The van der Waals surface area contributed by atoms with Crippen molar-refractivity contribution in [1.29, 1.82) is 0 Å². The van der Waals surface area contributed by atoms with Crippen molar-refractivity contribution in [2.24, 2.45) is 5.10 Å². The molecular weight excluding hydrogens is 498 g/mol. The lowest BCUT2D eigenvalue weighted by Gasteiger charge is -2.06. The fourth-order valence-electron chi connectivity index (χ4n) is 2.47. The highest BCUT2D eigenvalue weighted by molar-refractivity contribution is 9.10. The molecule has 0 saturated carbocycles. The van der Waals surface area contributed by atoms with Gasteiger partial charge in [-0.1, -0.05) is 30.3 Å². The fourth-order valence-corrected chi connectivity index (χ4v) is 3.92. The van der Waals surface area contributed by atoms with Gasteiger partial charge in [-0.3, -0.25) is 4.79 Å². The van der Waals surface area contributed by atoms with Crippen molar-refractivity contribution in [2.75, 3.05) is 6.54 Å². The van der Waals surface area contributed by atoms with E-state index >= 15 is 0 Å². The van der Waals surface area contributed by atoms with E-state index in [0.717, 1.165) is 0 Å². The highest BCUT2D eigenvalue weighted by Crippen LogP contribution is 2.19. The SMILES string of the molecule is O=C(CNS(=O)(=O)c1ccccc1)NN=Cc1ccc(OC(=O)c2ccccc2Br)cc1. The molecular formula is C22H18BrN3O5S. The van der Waals surface area contributed by atoms with E-state index in [9.17, 15) is 18.0 Å². The third kappa shape index (κ3) is 6.58. The van der Waals surface area contributed by atoms with Gasteiger partial charge >= 0.3 is 5.97 Å². The maximum absolute atomic E-state index is 12.2. The monoisotopic (exact) mass is 515 g/mol. The minimum absolute atomic E-state index is 0.0664. The molecule has 0 aliphatic rings. The van der Waals surface area contributed by atoms with E-state index in [0.29, 0.717) is 21.3 Å². The molecule has 8 nitrogen and oxygen atoms in total. The van der Waals surface area contributed by atoms with E-state index in [1.165, 1.54) is 18.3 Å². The lowest BCUT2D eigenvalue weighted by molar-refractivity contribution is -0.119. The van der Waals surface area contributed by atoms with Crippen molar-refractivity contribution in [2.45, 2.75) is 4.90 Å². The molecule has 2 N–H and O–H groups in total. The van der Waals surface area contributed by atoms with Crippen LogP contribution in [0.25, 0.3) is 0 Å². The molecule has 164 valence electrons. The minimum atomic E-state index is -3.78. The second-order valence-corrected chi connectivity index (χ2v) is 8.99. The van der Waals surface area contributed by atoms with Gasteiger partial charge < -0.3 is 4.74 Å². The number of rotatable bonds is 8. The van der Waals surface area contributed by atoms with E-state index in [1.54, 1.807) is 66.7 Å². The van der Waals surface area contributed by atoms with E-state index in [1.807, 2.05) is 0 Å². The molecule has 3 rings (SSSR count). The van der Waals surface area contributed by atoms with Crippen LogP contribution in [-0.4, -0.2) is 33.1 Å². The van der Waals surface area contributed by atoms with E-state index in [4.69, 9.17) is 4.74 Å². The Bertz CT molecular complexity index is 1230. The number of nitrogens with one attached hydrogen (secondary N) is 2. The Morgan fingerprint density at radius 1 is 0.938 bits per heavy atom. The molecule has 0 atom stereocenters. The number of carbonyl (C=O) groups is 2. The van der Waals surface area contributed by atoms with E-state index < -0.39 is 28.4 Å². The molecule has 10 heteroatoms. The second kappa shape index (κ2) is 10.8. The van der Waals surface area contributed by atoms with Crippen LogP contribution < -0.4 is 14.9 Å². The van der Waals surface area contributed by atoms with Crippen molar-refractivity contribution in [1.82, 2.24) is 10.1 Å². The molecule has 0 aromatic heterocycles. The first-order valence-corrected chi connectivity index (χ1v) is 11.6. The van der Waals surface area contributed by atoms with Gasteiger partial charge in [-0.05, 0) is 70.0 Å². The van der Waals surface area contributed by atoms with Gasteiger partial charge in [0.2, 0.25) is 10.0 Å². The van der Waals surface area contributed by atoms with Crippen LogP contribution in [0.1, 0.15) is 15.9 Å². The van der Waals surface area contributed by atoms with E-state index in [2.05, 4.69) is 31.2 Å². The Balaban J connectivity index is 1.49. The van der Waals surface area contributed by atoms with Crippen LogP contribution in [0.15, 0.2) is 93.3 Å². The van der Waals surface area contributed by atoms with Crippen molar-refractivity contribution in [3.63, 3.8) is 0 Å². The Kier molecular flexibility index (Phi) is 7.87. The zero-order chi connectivity index (χ0) is 23.0. The van der Waals surface area contributed by atoms with Crippen LogP contribution in [0.5, 0.6) is 5.75 Å².